The molecule has 0 atom stereocenters. The van der Waals surface area contributed by atoms with E-state index >= 15 is 0 Å². The normalized spacial score (nSPS) is 14.8. The van der Waals surface area contributed by atoms with Crippen molar-refractivity contribution in [3.63, 3.8) is 0 Å². The number of hydrogen-bond acceptors (Lipinski definition) is 3. The lowest BCUT2D eigenvalue weighted by molar-refractivity contribution is 1.21. The zero-order valence-electron chi connectivity index (χ0n) is 40.3. The van der Waals surface area contributed by atoms with Crippen LogP contribution < -0.4 is 63.9 Å². The molecule has 11 aromatic carbocycles. The zero-order chi connectivity index (χ0) is 47.7. The maximum absolute atomic E-state index is 2.80. The Morgan fingerprint density at radius 1 is 0.243 bits per heavy atom. The summed E-state index contributed by atoms with van der Waals surface area (Å²) in [5, 5.41) is 0. The average Bonchev–Trinajstić information content (AvgIpc) is 4.15. The Morgan fingerprint density at radius 2 is 0.608 bits per heavy atom. The molecule has 2 aliphatic carbocycles. The molecule has 3 nitrogen and oxygen atoms in total. The van der Waals surface area contributed by atoms with Gasteiger partial charge in [0.2, 0.25) is 0 Å². The van der Waals surface area contributed by atoms with Gasteiger partial charge in [0.05, 0.1) is 0 Å². The van der Waals surface area contributed by atoms with E-state index in [1.165, 1.54) is 167 Å². The first-order chi connectivity index (χ1) is 36.7. The van der Waals surface area contributed by atoms with Gasteiger partial charge in [-0.05, 0) is 165 Å². The third-order valence-corrected chi connectivity index (χ3v) is 18.4. The summed E-state index contributed by atoms with van der Waals surface area (Å²) in [6, 6.07) is 84.4. The highest BCUT2D eigenvalue weighted by molar-refractivity contribution is 7.09. The molecule has 0 saturated heterocycles. The molecule has 19 rings (SSSR count). The van der Waals surface area contributed by atoms with Crippen LogP contribution in [0.1, 0.15) is 22.3 Å². The van der Waals surface area contributed by atoms with Crippen molar-refractivity contribution < 1.29 is 0 Å². The smallest absolute Gasteiger partial charge is 0.252 e. The van der Waals surface area contributed by atoms with Gasteiger partial charge in [-0.25, -0.2) is 0 Å². The fourth-order valence-electron chi connectivity index (χ4n) is 15.6. The van der Waals surface area contributed by atoms with E-state index in [2.05, 4.69) is 233 Å². The van der Waals surface area contributed by atoms with Crippen LogP contribution in [0.5, 0.6) is 0 Å². The Morgan fingerprint density at radius 3 is 1.08 bits per heavy atom. The number of rotatable bonds is 2. The van der Waals surface area contributed by atoms with E-state index in [9.17, 15) is 0 Å². The Kier molecular flexibility index (Phi) is 7.07. The molecule has 8 aliphatic rings. The summed E-state index contributed by atoms with van der Waals surface area (Å²) < 4.78 is 0. The van der Waals surface area contributed by atoms with Crippen LogP contribution in [0.15, 0.2) is 218 Å². The Hall–Kier alpha value is -8.99. The lowest BCUT2D eigenvalue weighted by Gasteiger charge is -2.56. The quantitative estimate of drug-likeness (QED) is 0.160. The summed E-state index contributed by atoms with van der Waals surface area (Å²) in [6.07, 6.45) is 1.88. The molecule has 0 spiro atoms. The average molecular weight is 932 g/mol. The van der Waals surface area contributed by atoms with Gasteiger partial charge in [0.15, 0.2) is 0 Å². The third kappa shape index (κ3) is 4.62. The van der Waals surface area contributed by atoms with Crippen molar-refractivity contribution in [3.8, 4) is 44.5 Å². The number of benzene rings is 11. The Bertz CT molecular complexity index is 4430. The largest absolute Gasteiger partial charge is 0.312 e. The molecule has 0 aromatic heterocycles. The predicted octanol–water partition coefficient (Wildman–Crippen LogP) is 10.0. The van der Waals surface area contributed by atoms with Crippen molar-refractivity contribution in [2.24, 2.45) is 0 Å². The Balaban J connectivity index is 1.01. The fourth-order valence-corrected chi connectivity index (χ4v) is 15.6. The summed E-state index contributed by atoms with van der Waals surface area (Å²) in [4.78, 5) is 8.23. The van der Waals surface area contributed by atoms with Gasteiger partial charge in [0, 0.05) is 51.2 Å². The first-order valence-electron chi connectivity index (χ1n) is 26.4. The maximum Gasteiger partial charge on any atom is 0.252 e. The second-order valence-electron chi connectivity index (χ2n) is 21.8. The molecular weight excluding hydrogens is 891 g/mol. The van der Waals surface area contributed by atoms with Crippen molar-refractivity contribution >= 4 is 120 Å². The van der Waals surface area contributed by atoms with Crippen molar-refractivity contribution in [2.45, 2.75) is 12.8 Å². The topological polar surface area (TPSA) is 9.72 Å². The van der Waals surface area contributed by atoms with Crippen LogP contribution in [-0.2, 0) is 12.8 Å². The number of fused-ring (bicyclic) bond motifs is 24. The molecule has 0 radical (unpaired) electrons. The van der Waals surface area contributed by atoms with Crippen LogP contribution in [0.4, 0.5) is 51.2 Å². The van der Waals surface area contributed by atoms with E-state index in [-0.39, 0.29) is 20.1 Å². The summed E-state index contributed by atoms with van der Waals surface area (Å²) in [5.41, 5.74) is 40.5. The van der Waals surface area contributed by atoms with Crippen molar-refractivity contribution in [2.75, 3.05) is 14.7 Å². The maximum atomic E-state index is 2.80. The molecule has 0 bridgehead atoms. The second-order valence-corrected chi connectivity index (χ2v) is 21.8. The van der Waals surface area contributed by atoms with Crippen LogP contribution in [0, 0.1) is 0 Å². The standard InChI is InChI=1S/C68H40B3N3/c1-3-15-39(16-4-1)41-27-29-59-53(33-41)69-51-23-11-13-25-57(51)72-58-26-14-12-24-52(58)70-55-37-49-45(31-43-19-7-9-21-47(43)49)35-61(55)74-62-36-46-32-44-20-8-10-22-48(44)50(46)38-56(62)71-54-34-42(40-17-5-2-6-18-40)28-30-60(54)73(59)67-63(69)66(72)64(70)68(74)65(67)71/h1-30,33-38H,31-32H2. The number of nitrogens with zero attached hydrogens (tertiary/aromatic N) is 3. The van der Waals surface area contributed by atoms with Crippen molar-refractivity contribution in [1.82, 2.24) is 0 Å². The fraction of sp³-hybridized carbons (Fsp3) is 0.0294. The summed E-state index contributed by atoms with van der Waals surface area (Å²) >= 11 is 0. The van der Waals surface area contributed by atoms with Gasteiger partial charge >= 0.3 is 0 Å². The van der Waals surface area contributed by atoms with Gasteiger partial charge in [-0.1, -0.05) is 182 Å². The molecule has 0 amide bonds. The van der Waals surface area contributed by atoms with Crippen LogP contribution >= 0.6 is 0 Å². The molecular formula is C68H40B3N3. The molecule has 6 heterocycles. The van der Waals surface area contributed by atoms with E-state index in [0.717, 1.165) is 12.8 Å². The Labute approximate surface area is 430 Å². The van der Waals surface area contributed by atoms with Crippen molar-refractivity contribution in [1.29, 1.82) is 0 Å². The van der Waals surface area contributed by atoms with Crippen LogP contribution in [0.2, 0.25) is 0 Å². The minimum Gasteiger partial charge on any atom is -0.312 e. The van der Waals surface area contributed by atoms with E-state index < -0.39 is 0 Å². The van der Waals surface area contributed by atoms with Gasteiger partial charge < -0.3 is 14.7 Å². The number of para-hydroxylation sites is 2. The molecule has 0 saturated carbocycles. The summed E-state index contributed by atoms with van der Waals surface area (Å²) in [5.74, 6) is 0. The van der Waals surface area contributed by atoms with Crippen LogP contribution in [0.25, 0.3) is 44.5 Å². The first kappa shape index (κ1) is 38.7. The van der Waals surface area contributed by atoms with Crippen molar-refractivity contribution in [3.05, 3.63) is 241 Å². The van der Waals surface area contributed by atoms with E-state index in [0.29, 0.717) is 0 Å². The molecule has 6 heteroatoms. The molecule has 0 fully saturated rings. The minimum atomic E-state index is -0.0322. The molecule has 11 aromatic rings. The van der Waals surface area contributed by atoms with Gasteiger partial charge in [-0.2, -0.15) is 0 Å². The van der Waals surface area contributed by atoms with E-state index in [4.69, 9.17) is 0 Å². The van der Waals surface area contributed by atoms with Gasteiger partial charge in [-0.15, -0.1) is 0 Å². The predicted molar refractivity (Wildman–Crippen MR) is 312 cm³/mol. The summed E-state index contributed by atoms with van der Waals surface area (Å²) in [6.45, 7) is -0.0291. The highest BCUT2D eigenvalue weighted by Crippen LogP contribution is 2.54. The molecule has 0 unspecified atom stereocenters. The molecule has 74 heavy (non-hydrogen) atoms. The second kappa shape index (κ2) is 13.5. The molecule has 336 valence electrons. The summed E-state index contributed by atoms with van der Waals surface area (Å²) in [7, 11) is 0. The van der Waals surface area contributed by atoms with E-state index in [1.807, 2.05) is 0 Å². The van der Waals surface area contributed by atoms with Gasteiger partial charge in [-0.3, -0.25) is 0 Å². The minimum absolute atomic E-state index is 0.00402. The van der Waals surface area contributed by atoms with E-state index in [1.54, 1.807) is 0 Å². The third-order valence-electron chi connectivity index (χ3n) is 18.4. The van der Waals surface area contributed by atoms with Gasteiger partial charge in [0.1, 0.15) is 0 Å². The van der Waals surface area contributed by atoms with Crippen LogP contribution in [0.3, 0.4) is 0 Å². The molecule has 6 aliphatic heterocycles. The van der Waals surface area contributed by atoms with Gasteiger partial charge in [0.25, 0.3) is 20.1 Å². The lowest BCUT2D eigenvalue weighted by atomic mass is 9.24. The monoisotopic (exact) mass is 931 g/mol. The molecule has 0 N–H and O–H groups in total. The first-order valence-corrected chi connectivity index (χ1v) is 26.4. The van der Waals surface area contributed by atoms with Crippen LogP contribution in [-0.4, -0.2) is 20.1 Å². The number of anilines is 9. The number of hydrogen-bond donors (Lipinski definition) is 0. The SMILES string of the molecule is c1ccc(-c2ccc3c(c2)B2c4ccccc4N4c5ccccc5B5c6cc7c(cc6N6c8cc9c(cc8B8c%10cc(-c%11ccccc%11)ccc%10N3c3c2c4c5c6c38)-c2ccccc2C9)Cc2ccccc2-7)cc1. The highest BCUT2D eigenvalue weighted by atomic mass is 15.2. The lowest BCUT2D eigenvalue weighted by Crippen LogP contribution is -2.74. The zero-order valence-corrected chi connectivity index (χ0v) is 40.3. The highest BCUT2D eigenvalue weighted by Gasteiger charge is 2.58.